The van der Waals surface area contributed by atoms with Gasteiger partial charge in [0.1, 0.15) is 6.04 Å². The molecule has 6 nitrogen and oxygen atoms in total. The van der Waals surface area contributed by atoms with Gasteiger partial charge < -0.3 is 21.5 Å². The Kier molecular flexibility index (Phi) is 4.67. The summed E-state index contributed by atoms with van der Waals surface area (Å²) < 4.78 is 0. The van der Waals surface area contributed by atoms with E-state index in [9.17, 15) is 14.7 Å². The highest BCUT2D eigenvalue weighted by Crippen LogP contribution is 2.16. The van der Waals surface area contributed by atoms with Crippen molar-refractivity contribution in [2.75, 3.05) is 5.32 Å². The summed E-state index contributed by atoms with van der Waals surface area (Å²) in [5, 5.41) is 14.4. The van der Waals surface area contributed by atoms with Crippen LogP contribution in [0.4, 0.5) is 10.5 Å². The van der Waals surface area contributed by atoms with Crippen LogP contribution in [0.5, 0.6) is 0 Å². The van der Waals surface area contributed by atoms with E-state index < -0.39 is 24.1 Å². The molecule has 0 saturated carbocycles. The van der Waals surface area contributed by atoms with Gasteiger partial charge in [-0.1, -0.05) is 12.1 Å². The van der Waals surface area contributed by atoms with Gasteiger partial charge in [-0.05, 0) is 31.5 Å². The normalized spacial score (nSPS) is 13.5. The third-order valence-corrected chi connectivity index (χ3v) is 2.40. The minimum Gasteiger partial charge on any atom is -0.389 e. The number of primary amides is 1. The fourth-order valence-corrected chi connectivity index (χ4v) is 1.31. The highest BCUT2D eigenvalue weighted by atomic mass is 16.3. The van der Waals surface area contributed by atoms with Gasteiger partial charge >= 0.3 is 6.03 Å². The molecule has 0 aliphatic carbocycles. The van der Waals surface area contributed by atoms with Crippen LogP contribution in [0.2, 0.25) is 0 Å². The van der Waals surface area contributed by atoms with Crippen LogP contribution in [0.3, 0.4) is 0 Å². The number of carbonyl (C=O) groups is 2. The van der Waals surface area contributed by atoms with Gasteiger partial charge in [0, 0.05) is 5.69 Å². The number of rotatable bonds is 4. The first kappa shape index (κ1) is 14.0. The van der Waals surface area contributed by atoms with Crippen molar-refractivity contribution >= 4 is 17.6 Å². The Morgan fingerprint density at radius 2 is 2.00 bits per heavy atom. The molecular formula is C12H17N3O3. The summed E-state index contributed by atoms with van der Waals surface area (Å²) >= 11 is 0. The van der Waals surface area contributed by atoms with Gasteiger partial charge in [-0.2, -0.15) is 0 Å². The summed E-state index contributed by atoms with van der Waals surface area (Å²) in [6, 6.07) is 5.53. The fourth-order valence-electron chi connectivity index (χ4n) is 1.31. The zero-order valence-electron chi connectivity index (χ0n) is 10.3. The van der Waals surface area contributed by atoms with Crippen molar-refractivity contribution in [3.05, 3.63) is 29.8 Å². The van der Waals surface area contributed by atoms with Crippen molar-refractivity contribution in [2.45, 2.75) is 26.0 Å². The second-order valence-corrected chi connectivity index (χ2v) is 4.02. The molecule has 5 N–H and O–H groups in total. The lowest BCUT2D eigenvalue weighted by atomic mass is 10.1. The van der Waals surface area contributed by atoms with Crippen molar-refractivity contribution in [3.8, 4) is 0 Å². The average Bonchev–Trinajstić information content (AvgIpc) is 2.28. The first-order chi connectivity index (χ1) is 8.40. The molecule has 0 aliphatic heterocycles. The number of anilines is 1. The molecule has 0 saturated heterocycles. The minimum absolute atomic E-state index is 0.524. The summed E-state index contributed by atoms with van der Waals surface area (Å²) in [6.45, 7) is 3.13. The molecule has 1 rings (SSSR count). The maximum Gasteiger partial charge on any atom is 0.319 e. The minimum atomic E-state index is -0.745. The molecule has 0 bridgehead atoms. The zero-order valence-corrected chi connectivity index (χ0v) is 10.3. The number of hydrogen-bond donors (Lipinski definition) is 4. The summed E-state index contributed by atoms with van der Waals surface area (Å²) in [4.78, 5) is 22.3. The van der Waals surface area contributed by atoms with Gasteiger partial charge in [-0.25, -0.2) is 4.79 Å². The molecule has 1 aromatic rings. The molecule has 0 heterocycles. The van der Waals surface area contributed by atoms with Crippen LogP contribution in [-0.2, 0) is 4.79 Å². The molecule has 0 aromatic heterocycles. The number of benzene rings is 1. The number of nitrogens with one attached hydrogen (secondary N) is 2. The highest BCUT2D eigenvalue weighted by Gasteiger charge is 2.12. The lowest BCUT2D eigenvalue weighted by Crippen LogP contribution is -2.44. The predicted molar refractivity (Wildman–Crippen MR) is 67.9 cm³/mol. The van der Waals surface area contributed by atoms with Crippen molar-refractivity contribution in [3.63, 3.8) is 0 Å². The topological polar surface area (TPSA) is 104 Å². The molecule has 98 valence electrons. The summed E-state index contributed by atoms with van der Waals surface area (Å²) in [5.74, 6) is -0.608. The van der Waals surface area contributed by atoms with E-state index in [1.165, 1.54) is 6.92 Å². The zero-order chi connectivity index (χ0) is 13.7. The smallest absolute Gasteiger partial charge is 0.319 e. The van der Waals surface area contributed by atoms with Crippen molar-refractivity contribution < 1.29 is 14.7 Å². The maximum absolute atomic E-state index is 11.5. The third-order valence-electron chi connectivity index (χ3n) is 2.40. The molecule has 6 heteroatoms. The molecule has 0 fully saturated rings. The van der Waals surface area contributed by atoms with E-state index >= 15 is 0 Å². The molecule has 0 aliphatic rings. The highest BCUT2D eigenvalue weighted by molar-refractivity contribution is 5.93. The fraction of sp³-hybridized carbons (Fsp3) is 0.333. The number of urea groups is 1. The van der Waals surface area contributed by atoms with E-state index in [1.807, 2.05) is 0 Å². The predicted octanol–water partition coefficient (Wildman–Crippen LogP) is 0.735. The average molecular weight is 251 g/mol. The largest absolute Gasteiger partial charge is 0.389 e. The molecule has 0 radical (unpaired) electrons. The van der Waals surface area contributed by atoms with Crippen LogP contribution in [-0.4, -0.2) is 23.1 Å². The van der Waals surface area contributed by atoms with Crippen LogP contribution in [0.25, 0.3) is 0 Å². The number of amides is 3. The van der Waals surface area contributed by atoms with E-state index in [0.29, 0.717) is 11.3 Å². The Hall–Kier alpha value is -2.08. The van der Waals surface area contributed by atoms with Crippen molar-refractivity contribution in [1.82, 2.24) is 5.32 Å². The number of nitrogens with two attached hydrogens (primary N) is 1. The van der Waals surface area contributed by atoms with Crippen molar-refractivity contribution in [2.24, 2.45) is 5.73 Å². The molecule has 3 amide bonds. The van der Waals surface area contributed by atoms with Crippen LogP contribution < -0.4 is 16.4 Å². The van der Waals surface area contributed by atoms with E-state index in [2.05, 4.69) is 10.6 Å². The van der Waals surface area contributed by atoms with E-state index in [0.717, 1.165) is 0 Å². The van der Waals surface area contributed by atoms with Gasteiger partial charge in [-0.15, -0.1) is 0 Å². The van der Waals surface area contributed by atoms with Crippen LogP contribution in [0, 0.1) is 0 Å². The van der Waals surface area contributed by atoms with E-state index in [1.54, 1.807) is 31.2 Å². The maximum atomic E-state index is 11.5. The van der Waals surface area contributed by atoms with Crippen molar-refractivity contribution in [1.29, 1.82) is 0 Å². The van der Waals surface area contributed by atoms with Crippen LogP contribution in [0.15, 0.2) is 24.3 Å². The first-order valence-electron chi connectivity index (χ1n) is 5.55. The Labute approximate surface area is 105 Å². The summed E-state index contributed by atoms with van der Waals surface area (Å²) in [6.07, 6.45) is -0.612. The third kappa shape index (κ3) is 4.06. The molecule has 18 heavy (non-hydrogen) atoms. The Morgan fingerprint density at radius 1 is 1.33 bits per heavy atom. The van der Waals surface area contributed by atoms with Gasteiger partial charge in [0.15, 0.2) is 0 Å². The standard InChI is InChI=1S/C12H17N3O3/c1-7(11(13)17)14-12(18)15-10-5-3-4-9(6-10)8(2)16/h3-8,16H,1-2H3,(H2,13,17)(H2,14,15,18). The Bertz CT molecular complexity index is 446. The van der Waals surface area contributed by atoms with Gasteiger partial charge in [0.05, 0.1) is 6.10 Å². The number of aliphatic hydroxyl groups excluding tert-OH is 1. The Morgan fingerprint density at radius 3 is 2.56 bits per heavy atom. The van der Waals surface area contributed by atoms with Crippen LogP contribution in [0.1, 0.15) is 25.5 Å². The number of hydrogen-bond acceptors (Lipinski definition) is 3. The molecule has 0 spiro atoms. The van der Waals surface area contributed by atoms with E-state index in [-0.39, 0.29) is 0 Å². The quantitative estimate of drug-likeness (QED) is 0.634. The van der Waals surface area contributed by atoms with Crippen LogP contribution >= 0.6 is 0 Å². The lowest BCUT2D eigenvalue weighted by Gasteiger charge is -2.12. The monoisotopic (exact) mass is 251 g/mol. The Balaban J connectivity index is 2.64. The van der Waals surface area contributed by atoms with E-state index in [4.69, 9.17) is 5.73 Å². The first-order valence-corrected chi connectivity index (χ1v) is 5.55. The van der Waals surface area contributed by atoms with Gasteiger partial charge in [-0.3, -0.25) is 4.79 Å². The second-order valence-electron chi connectivity index (χ2n) is 4.02. The number of carbonyl (C=O) groups excluding carboxylic acids is 2. The molecule has 1 aromatic carbocycles. The summed E-state index contributed by atoms with van der Waals surface area (Å²) in [7, 11) is 0. The lowest BCUT2D eigenvalue weighted by molar-refractivity contribution is -0.119. The molecule has 2 atom stereocenters. The van der Waals surface area contributed by atoms with Gasteiger partial charge in [0.2, 0.25) is 5.91 Å². The number of aliphatic hydroxyl groups is 1. The van der Waals surface area contributed by atoms with Gasteiger partial charge in [0.25, 0.3) is 0 Å². The molecular weight excluding hydrogens is 234 g/mol. The second kappa shape index (κ2) is 6.02. The molecule has 2 unspecified atom stereocenters. The summed E-state index contributed by atoms with van der Waals surface area (Å²) in [5.41, 5.74) is 6.25. The SMILES string of the molecule is CC(NC(=O)Nc1cccc(C(C)O)c1)C(N)=O.